The molecule has 1 amide bonds. The number of H-pyrrole nitrogens is 1. The number of halogens is 1. The van der Waals surface area contributed by atoms with Crippen molar-refractivity contribution in [2.45, 2.75) is 39.2 Å². The Morgan fingerprint density at radius 1 is 1.16 bits per heavy atom. The molecule has 0 fully saturated rings. The lowest BCUT2D eigenvalue weighted by Gasteiger charge is -2.20. The van der Waals surface area contributed by atoms with Crippen molar-refractivity contribution in [3.8, 4) is 11.4 Å². The maximum Gasteiger partial charge on any atom is 0.250 e. The van der Waals surface area contributed by atoms with E-state index in [-0.39, 0.29) is 5.82 Å². The Balaban J connectivity index is 1.61. The SMILES string of the molecule is Cc1[nH]c2c(C(N)=O)cccc2c1-c1nc2c(c(NCc3cccc(F)c3)n1)CCCC2. The number of aromatic amines is 1. The fourth-order valence-electron chi connectivity index (χ4n) is 4.53. The molecule has 1 aliphatic rings. The smallest absolute Gasteiger partial charge is 0.250 e. The zero-order valence-corrected chi connectivity index (χ0v) is 17.8. The van der Waals surface area contributed by atoms with Crippen molar-refractivity contribution < 1.29 is 9.18 Å². The van der Waals surface area contributed by atoms with Crippen molar-refractivity contribution in [2.24, 2.45) is 5.73 Å². The normalized spacial score (nSPS) is 13.2. The van der Waals surface area contributed by atoms with Crippen molar-refractivity contribution in [3.05, 3.63) is 76.4 Å². The highest BCUT2D eigenvalue weighted by molar-refractivity contribution is 6.09. The molecular formula is C25H24FN5O. The summed E-state index contributed by atoms with van der Waals surface area (Å²) in [6.45, 7) is 2.42. The monoisotopic (exact) mass is 429 g/mol. The molecule has 162 valence electrons. The number of nitrogens with zero attached hydrogens (tertiary/aromatic N) is 2. The third-order valence-electron chi connectivity index (χ3n) is 6.04. The highest BCUT2D eigenvalue weighted by Crippen LogP contribution is 2.35. The van der Waals surface area contributed by atoms with Crippen LogP contribution in [0.25, 0.3) is 22.3 Å². The number of rotatable bonds is 5. The number of benzene rings is 2. The molecule has 2 heterocycles. The number of fused-ring (bicyclic) bond motifs is 2. The van der Waals surface area contributed by atoms with Crippen LogP contribution in [0.15, 0.2) is 42.5 Å². The average molecular weight is 429 g/mol. The number of amides is 1. The first-order valence-corrected chi connectivity index (χ1v) is 10.8. The van der Waals surface area contributed by atoms with Gasteiger partial charge in [-0.05, 0) is 56.4 Å². The van der Waals surface area contributed by atoms with Crippen LogP contribution in [0.4, 0.5) is 10.2 Å². The first-order valence-electron chi connectivity index (χ1n) is 10.8. The summed E-state index contributed by atoms with van der Waals surface area (Å²) in [5, 5.41) is 4.28. The number of carbonyl (C=O) groups is 1. The van der Waals surface area contributed by atoms with Crippen LogP contribution in [-0.4, -0.2) is 20.9 Å². The van der Waals surface area contributed by atoms with Gasteiger partial charge in [0.1, 0.15) is 11.6 Å². The van der Waals surface area contributed by atoms with Gasteiger partial charge in [0.25, 0.3) is 5.91 Å². The minimum Gasteiger partial charge on any atom is -0.366 e. The minimum atomic E-state index is -0.479. The molecule has 0 aliphatic heterocycles. The van der Waals surface area contributed by atoms with Crippen LogP contribution in [-0.2, 0) is 19.4 Å². The number of para-hydroxylation sites is 1. The summed E-state index contributed by atoms with van der Waals surface area (Å²) in [6.07, 6.45) is 4.00. The fourth-order valence-corrected chi connectivity index (χ4v) is 4.53. The second-order valence-electron chi connectivity index (χ2n) is 8.23. The molecule has 4 N–H and O–H groups in total. The van der Waals surface area contributed by atoms with E-state index in [0.717, 1.165) is 65.0 Å². The third kappa shape index (κ3) is 3.60. The van der Waals surface area contributed by atoms with Crippen LogP contribution in [0, 0.1) is 12.7 Å². The lowest BCUT2D eigenvalue weighted by Crippen LogP contribution is -2.14. The minimum absolute atomic E-state index is 0.255. The summed E-state index contributed by atoms with van der Waals surface area (Å²) in [5.74, 6) is 0.660. The Morgan fingerprint density at radius 3 is 2.78 bits per heavy atom. The number of nitrogens with one attached hydrogen (secondary N) is 2. The molecule has 0 atom stereocenters. The predicted octanol–water partition coefficient (Wildman–Crippen LogP) is 4.66. The van der Waals surface area contributed by atoms with Crippen LogP contribution in [0.1, 0.15) is 45.7 Å². The largest absolute Gasteiger partial charge is 0.366 e. The molecule has 1 aliphatic carbocycles. The second-order valence-corrected chi connectivity index (χ2v) is 8.23. The van der Waals surface area contributed by atoms with E-state index in [9.17, 15) is 9.18 Å². The Kier molecular flexibility index (Phi) is 5.09. The average Bonchev–Trinajstić information content (AvgIpc) is 3.13. The number of hydrogen-bond donors (Lipinski definition) is 3. The molecule has 2 aromatic carbocycles. The molecule has 5 rings (SSSR count). The van der Waals surface area contributed by atoms with Crippen molar-refractivity contribution in [2.75, 3.05) is 5.32 Å². The highest BCUT2D eigenvalue weighted by atomic mass is 19.1. The van der Waals surface area contributed by atoms with E-state index in [1.54, 1.807) is 12.1 Å². The van der Waals surface area contributed by atoms with Crippen LogP contribution < -0.4 is 11.1 Å². The summed E-state index contributed by atoms with van der Waals surface area (Å²) in [6, 6.07) is 12.0. The second kappa shape index (κ2) is 8.07. The molecule has 7 heteroatoms. The van der Waals surface area contributed by atoms with Gasteiger partial charge < -0.3 is 16.0 Å². The van der Waals surface area contributed by atoms with Gasteiger partial charge in [0.2, 0.25) is 0 Å². The molecule has 0 saturated heterocycles. The Bertz CT molecular complexity index is 1340. The number of hydrogen-bond acceptors (Lipinski definition) is 4. The number of aromatic nitrogens is 3. The van der Waals surface area contributed by atoms with E-state index in [1.807, 2.05) is 25.1 Å². The van der Waals surface area contributed by atoms with Crippen LogP contribution in [0.2, 0.25) is 0 Å². The van der Waals surface area contributed by atoms with Crippen molar-refractivity contribution in [3.63, 3.8) is 0 Å². The van der Waals surface area contributed by atoms with Crippen molar-refractivity contribution >= 4 is 22.6 Å². The molecule has 0 bridgehead atoms. The zero-order chi connectivity index (χ0) is 22.2. The number of aryl methyl sites for hydroxylation is 2. The van der Waals surface area contributed by atoms with Crippen LogP contribution >= 0.6 is 0 Å². The molecule has 0 saturated carbocycles. The Labute approximate surface area is 185 Å². The molecule has 6 nitrogen and oxygen atoms in total. The van der Waals surface area contributed by atoms with Crippen LogP contribution in [0.3, 0.4) is 0 Å². The Hall–Kier alpha value is -3.74. The first-order chi connectivity index (χ1) is 15.5. The van der Waals surface area contributed by atoms with E-state index in [4.69, 9.17) is 15.7 Å². The lowest BCUT2D eigenvalue weighted by atomic mass is 9.96. The topological polar surface area (TPSA) is 96.7 Å². The van der Waals surface area contributed by atoms with Gasteiger partial charge in [0.05, 0.1) is 11.1 Å². The maximum atomic E-state index is 13.6. The van der Waals surface area contributed by atoms with Gasteiger partial charge in [0.15, 0.2) is 5.82 Å². The van der Waals surface area contributed by atoms with Gasteiger partial charge in [-0.1, -0.05) is 24.3 Å². The quantitative estimate of drug-likeness (QED) is 0.430. The standard InChI is InChI=1S/C25H24FN5O/c1-14-21(18-9-5-10-19(23(27)32)22(18)29-14)25-30-20-11-3-2-8-17(20)24(31-25)28-13-15-6-4-7-16(26)12-15/h4-7,9-10,12,29H,2-3,8,11,13H2,1H3,(H2,27,32)(H,28,30,31). The summed E-state index contributed by atoms with van der Waals surface area (Å²) in [5.41, 5.74) is 11.5. The fraction of sp³-hybridized carbons (Fsp3) is 0.240. The van der Waals surface area contributed by atoms with E-state index in [0.29, 0.717) is 23.4 Å². The van der Waals surface area contributed by atoms with Crippen molar-refractivity contribution in [1.29, 1.82) is 0 Å². The van der Waals surface area contributed by atoms with E-state index in [1.165, 1.54) is 12.1 Å². The highest BCUT2D eigenvalue weighted by Gasteiger charge is 2.22. The molecule has 0 spiro atoms. The Morgan fingerprint density at radius 2 is 1.97 bits per heavy atom. The lowest BCUT2D eigenvalue weighted by molar-refractivity contribution is 0.100. The van der Waals surface area contributed by atoms with E-state index < -0.39 is 5.91 Å². The van der Waals surface area contributed by atoms with Gasteiger partial charge in [-0.25, -0.2) is 14.4 Å². The maximum absolute atomic E-state index is 13.6. The van der Waals surface area contributed by atoms with Crippen LogP contribution in [0.5, 0.6) is 0 Å². The summed E-state index contributed by atoms with van der Waals surface area (Å²) in [7, 11) is 0. The molecule has 4 aromatic rings. The number of anilines is 1. The third-order valence-corrected chi connectivity index (χ3v) is 6.04. The molecule has 0 radical (unpaired) electrons. The molecule has 0 unspecified atom stereocenters. The molecule has 32 heavy (non-hydrogen) atoms. The van der Waals surface area contributed by atoms with Crippen molar-refractivity contribution in [1.82, 2.24) is 15.0 Å². The summed E-state index contributed by atoms with van der Waals surface area (Å²) >= 11 is 0. The summed E-state index contributed by atoms with van der Waals surface area (Å²) in [4.78, 5) is 25.0. The first kappa shape index (κ1) is 20.2. The molecular weight excluding hydrogens is 405 g/mol. The van der Waals surface area contributed by atoms with Gasteiger partial charge >= 0.3 is 0 Å². The van der Waals surface area contributed by atoms with Gasteiger partial charge in [0, 0.05) is 34.4 Å². The zero-order valence-electron chi connectivity index (χ0n) is 17.8. The van der Waals surface area contributed by atoms with E-state index >= 15 is 0 Å². The van der Waals surface area contributed by atoms with Gasteiger partial charge in [-0.2, -0.15) is 0 Å². The van der Waals surface area contributed by atoms with E-state index in [2.05, 4.69) is 10.3 Å². The van der Waals surface area contributed by atoms with Gasteiger partial charge in [-0.3, -0.25) is 4.79 Å². The van der Waals surface area contributed by atoms with Gasteiger partial charge in [-0.15, -0.1) is 0 Å². The number of carbonyl (C=O) groups excluding carboxylic acids is 1. The molecule has 2 aromatic heterocycles. The number of primary amides is 1. The predicted molar refractivity (Wildman–Crippen MR) is 123 cm³/mol. The summed E-state index contributed by atoms with van der Waals surface area (Å²) < 4.78 is 13.6. The number of nitrogens with two attached hydrogens (primary N) is 1.